The minimum absolute atomic E-state index is 0.253. The van der Waals surface area contributed by atoms with Crippen LogP contribution in [-0.4, -0.2) is 26.5 Å². The molecule has 0 unspecified atom stereocenters. The van der Waals surface area contributed by atoms with Crippen molar-refractivity contribution in [3.8, 4) is 0 Å². The molecule has 2 N–H and O–H groups in total. The Morgan fingerprint density at radius 1 is 1.24 bits per heavy atom. The fraction of sp³-hybridized carbons (Fsp3) is 0.333. The van der Waals surface area contributed by atoms with Gasteiger partial charge in [0.1, 0.15) is 0 Å². The second kappa shape index (κ2) is 6.30. The van der Waals surface area contributed by atoms with Crippen molar-refractivity contribution in [3.05, 3.63) is 43.0 Å². The molecule has 2 aromatic rings. The quantitative estimate of drug-likeness (QED) is 0.689. The van der Waals surface area contributed by atoms with Gasteiger partial charge in [0, 0.05) is 24.1 Å². The van der Waals surface area contributed by atoms with Gasteiger partial charge in [0.25, 0.3) is 0 Å². The third-order valence-electron chi connectivity index (χ3n) is 3.34. The van der Waals surface area contributed by atoms with E-state index in [0.717, 1.165) is 6.42 Å². The summed E-state index contributed by atoms with van der Waals surface area (Å²) < 4.78 is 0. The Bertz CT molecular complexity index is 594. The zero-order chi connectivity index (χ0) is 15.3. The number of guanidine groups is 1. The molecule has 2 aromatic heterocycles. The molecule has 2 heterocycles. The van der Waals surface area contributed by atoms with Crippen molar-refractivity contribution in [2.45, 2.75) is 32.7 Å². The van der Waals surface area contributed by atoms with Crippen molar-refractivity contribution in [1.82, 2.24) is 15.0 Å². The first-order valence-electron chi connectivity index (χ1n) is 6.86. The highest BCUT2D eigenvalue weighted by Gasteiger charge is 2.30. The normalized spacial score (nSPS) is 12.2. The molecule has 0 aliphatic carbocycles. The summed E-state index contributed by atoms with van der Waals surface area (Å²) in [6.45, 7) is 6.25. The van der Waals surface area contributed by atoms with Gasteiger partial charge in [-0.25, -0.2) is 15.0 Å². The maximum Gasteiger partial charge on any atom is 0.232 e. The van der Waals surface area contributed by atoms with Crippen LogP contribution in [0.3, 0.4) is 0 Å². The number of aliphatic imine (C=N–C) groups is 1. The summed E-state index contributed by atoms with van der Waals surface area (Å²) in [7, 11) is 0. The molecule has 0 amide bonds. The van der Waals surface area contributed by atoms with Gasteiger partial charge in [-0.2, -0.15) is 0 Å². The highest BCUT2D eigenvalue weighted by molar-refractivity contribution is 5.96. The van der Waals surface area contributed by atoms with Gasteiger partial charge in [0.05, 0.1) is 11.9 Å². The predicted molar refractivity (Wildman–Crippen MR) is 84.4 cm³/mol. The Hall–Kier alpha value is -2.50. The van der Waals surface area contributed by atoms with Crippen molar-refractivity contribution in [2.75, 3.05) is 4.90 Å². The Morgan fingerprint density at radius 2 is 1.95 bits per heavy atom. The predicted octanol–water partition coefficient (Wildman–Crippen LogP) is 2.51. The van der Waals surface area contributed by atoms with E-state index in [4.69, 9.17) is 5.73 Å². The SMILES string of the molecule is CCC(C)(C)N(C(N)=Nc1cccnc1)c1ncccn1. The van der Waals surface area contributed by atoms with Crippen LogP contribution < -0.4 is 10.6 Å². The summed E-state index contributed by atoms with van der Waals surface area (Å²) in [4.78, 5) is 18.9. The Kier molecular flexibility index (Phi) is 4.47. The van der Waals surface area contributed by atoms with Crippen LogP contribution in [0.25, 0.3) is 0 Å². The third-order valence-corrected chi connectivity index (χ3v) is 3.34. The van der Waals surface area contributed by atoms with Crippen LogP contribution in [-0.2, 0) is 0 Å². The van der Waals surface area contributed by atoms with Gasteiger partial charge in [-0.3, -0.25) is 9.88 Å². The lowest BCUT2D eigenvalue weighted by molar-refractivity contribution is 0.488. The number of aromatic nitrogens is 3. The average Bonchev–Trinajstić information content (AvgIpc) is 2.49. The van der Waals surface area contributed by atoms with E-state index in [-0.39, 0.29) is 5.54 Å². The van der Waals surface area contributed by atoms with Gasteiger partial charge in [-0.1, -0.05) is 6.92 Å². The fourth-order valence-corrected chi connectivity index (χ4v) is 1.85. The number of pyridine rings is 1. The Labute approximate surface area is 124 Å². The molecule has 0 bridgehead atoms. The first kappa shape index (κ1) is 14.9. The van der Waals surface area contributed by atoms with Crippen molar-refractivity contribution in [1.29, 1.82) is 0 Å². The van der Waals surface area contributed by atoms with E-state index in [9.17, 15) is 0 Å². The lowest BCUT2D eigenvalue weighted by atomic mass is 10.00. The first-order chi connectivity index (χ1) is 10.0. The smallest absolute Gasteiger partial charge is 0.232 e. The van der Waals surface area contributed by atoms with Crippen LogP contribution in [0.5, 0.6) is 0 Å². The molecular formula is C15H20N6. The van der Waals surface area contributed by atoms with E-state index in [2.05, 4.69) is 40.7 Å². The molecular weight excluding hydrogens is 264 g/mol. The van der Waals surface area contributed by atoms with E-state index in [0.29, 0.717) is 17.6 Å². The van der Waals surface area contributed by atoms with E-state index < -0.39 is 0 Å². The monoisotopic (exact) mass is 284 g/mol. The zero-order valence-corrected chi connectivity index (χ0v) is 12.6. The summed E-state index contributed by atoms with van der Waals surface area (Å²) >= 11 is 0. The molecule has 0 aliphatic heterocycles. The van der Waals surface area contributed by atoms with E-state index in [1.807, 2.05) is 17.0 Å². The number of rotatable bonds is 4. The number of nitrogens with two attached hydrogens (primary N) is 1. The van der Waals surface area contributed by atoms with Crippen LogP contribution in [0.4, 0.5) is 11.6 Å². The number of hydrogen-bond donors (Lipinski definition) is 1. The van der Waals surface area contributed by atoms with Gasteiger partial charge >= 0.3 is 0 Å². The second-order valence-electron chi connectivity index (χ2n) is 5.23. The summed E-state index contributed by atoms with van der Waals surface area (Å²) in [5.74, 6) is 0.885. The molecule has 0 atom stereocenters. The summed E-state index contributed by atoms with van der Waals surface area (Å²) in [5, 5.41) is 0. The van der Waals surface area contributed by atoms with Crippen molar-refractivity contribution in [3.63, 3.8) is 0 Å². The zero-order valence-electron chi connectivity index (χ0n) is 12.6. The Balaban J connectivity index is 2.43. The molecule has 110 valence electrons. The highest BCUT2D eigenvalue weighted by Crippen LogP contribution is 2.23. The molecule has 0 radical (unpaired) electrons. The molecule has 0 fully saturated rings. The van der Waals surface area contributed by atoms with Crippen LogP contribution >= 0.6 is 0 Å². The van der Waals surface area contributed by atoms with Crippen LogP contribution in [0.15, 0.2) is 48.0 Å². The van der Waals surface area contributed by atoms with Crippen LogP contribution in [0.2, 0.25) is 0 Å². The van der Waals surface area contributed by atoms with Gasteiger partial charge in [0.2, 0.25) is 11.9 Å². The van der Waals surface area contributed by atoms with Crippen molar-refractivity contribution in [2.24, 2.45) is 10.7 Å². The van der Waals surface area contributed by atoms with Crippen LogP contribution in [0, 0.1) is 0 Å². The first-order valence-corrected chi connectivity index (χ1v) is 6.86. The maximum atomic E-state index is 6.21. The van der Waals surface area contributed by atoms with Gasteiger partial charge in [0.15, 0.2) is 0 Å². The highest BCUT2D eigenvalue weighted by atomic mass is 15.4. The molecule has 6 heteroatoms. The lowest BCUT2D eigenvalue weighted by Gasteiger charge is -2.36. The molecule has 0 saturated carbocycles. The maximum absolute atomic E-state index is 6.21. The lowest BCUT2D eigenvalue weighted by Crippen LogP contribution is -2.52. The van der Waals surface area contributed by atoms with Crippen molar-refractivity contribution >= 4 is 17.6 Å². The standard InChI is InChI=1S/C15H20N6/c1-4-15(2,3)21(14-18-9-6-10-19-14)13(16)20-12-7-5-8-17-11-12/h5-11H,4H2,1-3H3,(H2,16,20). The number of hydrogen-bond acceptors (Lipinski definition) is 4. The Morgan fingerprint density at radius 3 is 2.52 bits per heavy atom. The topological polar surface area (TPSA) is 80.3 Å². The van der Waals surface area contributed by atoms with Gasteiger partial charge in [-0.05, 0) is 38.5 Å². The molecule has 0 spiro atoms. The third kappa shape index (κ3) is 3.53. The molecule has 0 aromatic carbocycles. The summed E-state index contributed by atoms with van der Waals surface area (Å²) in [5.41, 5.74) is 6.66. The minimum atomic E-state index is -0.253. The number of nitrogens with zero attached hydrogens (tertiary/aromatic N) is 5. The summed E-state index contributed by atoms with van der Waals surface area (Å²) in [6.07, 6.45) is 7.62. The van der Waals surface area contributed by atoms with E-state index in [1.165, 1.54) is 0 Å². The number of anilines is 1. The minimum Gasteiger partial charge on any atom is -0.369 e. The van der Waals surface area contributed by atoms with Crippen LogP contribution in [0.1, 0.15) is 27.2 Å². The van der Waals surface area contributed by atoms with E-state index >= 15 is 0 Å². The van der Waals surface area contributed by atoms with E-state index in [1.54, 1.807) is 30.9 Å². The molecule has 0 saturated heterocycles. The second-order valence-corrected chi connectivity index (χ2v) is 5.23. The van der Waals surface area contributed by atoms with Crippen molar-refractivity contribution < 1.29 is 0 Å². The largest absolute Gasteiger partial charge is 0.369 e. The average molecular weight is 284 g/mol. The molecule has 2 rings (SSSR count). The van der Waals surface area contributed by atoms with Gasteiger partial charge < -0.3 is 5.73 Å². The van der Waals surface area contributed by atoms with Gasteiger partial charge in [-0.15, -0.1) is 0 Å². The summed E-state index contributed by atoms with van der Waals surface area (Å²) in [6, 6.07) is 5.44. The molecule has 6 nitrogen and oxygen atoms in total. The molecule has 21 heavy (non-hydrogen) atoms. The molecule has 0 aliphatic rings. The fourth-order valence-electron chi connectivity index (χ4n) is 1.85.